The minimum absolute atomic E-state index is 0.216. The monoisotopic (exact) mass is 603 g/mol. The molecule has 3 rings (SSSR count). The van der Waals surface area contributed by atoms with Crippen molar-refractivity contribution < 1.29 is 79.5 Å². The minimum Gasteiger partial charge on any atom is -0.394 e. The second-order valence-corrected chi connectivity index (χ2v) is 10.4. The first kappa shape index (κ1) is 34.8. The molecule has 3 saturated heterocycles. The molecule has 3 aliphatic heterocycles. The van der Waals surface area contributed by atoms with Crippen LogP contribution in [-0.2, 0) is 28.4 Å². The van der Waals surface area contributed by atoms with Crippen LogP contribution in [0.4, 0.5) is 0 Å². The zero-order valence-electron chi connectivity index (χ0n) is 22.5. The highest BCUT2D eigenvalue weighted by molar-refractivity contribution is 4.96. The molecule has 0 aromatic heterocycles. The highest BCUT2D eigenvalue weighted by Gasteiger charge is 2.53. The van der Waals surface area contributed by atoms with Crippen molar-refractivity contribution in [3.63, 3.8) is 0 Å². The third-order valence-electron chi connectivity index (χ3n) is 7.45. The van der Waals surface area contributed by atoms with Gasteiger partial charge in [0.25, 0.3) is 0 Å². The van der Waals surface area contributed by atoms with Gasteiger partial charge in [-0.15, -0.1) is 0 Å². The lowest BCUT2D eigenvalue weighted by molar-refractivity contribution is -0.379. The molecule has 41 heavy (non-hydrogen) atoms. The SMILES string of the molecule is NCCCCCCO[C@@H]1O[C@H](CO)[C@@H](O[C@@H]2O[C@H](CO)[C@H](O[C@H]3O[C@H](CO)[C@H](O)[C@H](O)[C@H]3O)[C@H](O)[C@H]2O)[C@H](O)[C@H]1O. The van der Waals surface area contributed by atoms with Crippen molar-refractivity contribution in [2.24, 2.45) is 5.73 Å². The van der Waals surface area contributed by atoms with Gasteiger partial charge in [0, 0.05) is 6.61 Å². The number of rotatable bonds is 14. The fraction of sp³-hybridized carbons (Fsp3) is 1.00. The third-order valence-corrected chi connectivity index (χ3v) is 7.45. The Bertz CT molecular complexity index is 748. The molecule has 0 aromatic rings. The van der Waals surface area contributed by atoms with Crippen LogP contribution < -0.4 is 5.73 Å². The van der Waals surface area contributed by atoms with Gasteiger partial charge in [-0.2, -0.15) is 0 Å². The van der Waals surface area contributed by atoms with Crippen molar-refractivity contribution in [2.75, 3.05) is 33.0 Å². The zero-order valence-corrected chi connectivity index (χ0v) is 22.5. The van der Waals surface area contributed by atoms with Crippen LogP contribution in [0.5, 0.6) is 0 Å². The molecule has 0 spiro atoms. The van der Waals surface area contributed by atoms with Gasteiger partial charge in [0.15, 0.2) is 18.9 Å². The predicted octanol–water partition coefficient (Wildman–Crippen LogP) is -6.03. The number of aliphatic hydroxyl groups is 10. The van der Waals surface area contributed by atoms with Crippen molar-refractivity contribution in [3.8, 4) is 0 Å². The van der Waals surface area contributed by atoms with Crippen LogP contribution in [0.25, 0.3) is 0 Å². The average Bonchev–Trinajstić information content (AvgIpc) is 2.97. The normalized spacial score (nSPS) is 45.6. The Morgan fingerprint density at radius 2 is 0.927 bits per heavy atom. The molecule has 17 nitrogen and oxygen atoms in total. The zero-order chi connectivity index (χ0) is 30.3. The molecule has 15 atom stereocenters. The van der Waals surface area contributed by atoms with Gasteiger partial charge in [-0.25, -0.2) is 0 Å². The van der Waals surface area contributed by atoms with Gasteiger partial charge in [-0.05, 0) is 19.4 Å². The quantitative estimate of drug-likeness (QED) is 0.0824. The Morgan fingerprint density at radius 1 is 0.488 bits per heavy atom. The molecular weight excluding hydrogens is 558 g/mol. The van der Waals surface area contributed by atoms with Crippen LogP contribution in [0.15, 0.2) is 0 Å². The third kappa shape index (κ3) is 8.28. The lowest BCUT2D eigenvalue weighted by Gasteiger charge is -2.48. The highest BCUT2D eigenvalue weighted by Crippen LogP contribution is 2.32. The topological polar surface area (TPSA) is 284 Å². The van der Waals surface area contributed by atoms with Crippen LogP contribution in [0, 0.1) is 0 Å². The fourth-order valence-corrected chi connectivity index (χ4v) is 4.98. The van der Waals surface area contributed by atoms with E-state index in [0.29, 0.717) is 13.0 Å². The maximum absolute atomic E-state index is 10.8. The number of hydrogen-bond donors (Lipinski definition) is 11. The van der Waals surface area contributed by atoms with Gasteiger partial charge in [0.1, 0.15) is 73.2 Å². The Kier molecular flexibility index (Phi) is 13.9. The van der Waals surface area contributed by atoms with Crippen LogP contribution in [0.2, 0.25) is 0 Å². The van der Waals surface area contributed by atoms with Gasteiger partial charge >= 0.3 is 0 Å². The molecule has 0 bridgehead atoms. The summed E-state index contributed by atoms with van der Waals surface area (Å²) >= 11 is 0. The summed E-state index contributed by atoms with van der Waals surface area (Å²) in [6, 6.07) is 0. The van der Waals surface area contributed by atoms with E-state index < -0.39 is 112 Å². The summed E-state index contributed by atoms with van der Waals surface area (Å²) in [6.07, 6.45) is -20.7. The molecule has 17 heteroatoms. The Labute approximate surface area is 236 Å². The first-order valence-electron chi connectivity index (χ1n) is 13.8. The number of aliphatic hydroxyl groups excluding tert-OH is 10. The van der Waals surface area contributed by atoms with Crippen LogP contribution in [-0.4, -0.2) is 176 Å². The standard InChI is InChI=1S/C24H45NO16/c25-5-3-1-2-4-6-36-22-18(34)15(31)20(11(8-27)38-22)41-24-19(35)16(32)21(12(9-28)39-24)40-23-17(33)14(30)13(29)10(7-26)37-23/h10-24,26-35H,1-9,25H2/t10-,11-,12-,13+,14+,15-,16-,17-,18-,19-,20-,21+,22-,23-,24+/m1/s1. The Balaban J connectivity index is 1.62. The second kappa shape index (κ2) is 16.4. The number of unbranched alkanes of at least 4 members (excludes halogenated alkanes) is 3. The summed E-state index contributed by atoms with van der Waals surface area (Å²) in [5, 5.41) is 102. The molecule has 12 N–H and O–H groups in total. The van der Waals surface area contributed by atoms with Crippen molar-refractivity contribution >= 4 is 0 Å². The van der Waals surface area contributed by atoms with E-state index in [1.54, 1.807) is 0 Å². The van der Waals surface area contributed by atoms with Gasteiger partial charge in [0.2, 0.25) is 0 Å². The van der Waals surface area contributed by atoms with E-state index >= 15 is 0 Å². The maximum Gasteiger partial charge on any atom is 0.187 e. The van der Waals surface area contributed by atoms with E-state index in [4.69, 9.17) is 34.2 Å². The highest BCUT2D eigenvalue weighted by atomic mass is 16.8. The molecule has 3 heterocycles. The van der Waals surface area contributed by atoms with Gasteiger partial charge in [-0.1, -0.05) is 12.8 Å². The van der Waals surface area contributed by atoms with Crippen LogP contribution >= 0.6 is 0 Å². The summed E-state index contributed by atoms with van der Waals surface area (Å²) in [5.74, 6) is 0. The van der Waals surface area contributed by atoms with E-state index in [0.717, 1.165) is 19.3 Å². The van der Waals surface area contributed by atoms with Crippen LogP contribution in [0.1, 0.15) is 25.7 Å². The molecule has 0 amide bonds. The van der Waals surface area contributed by atoms with Gasteiger partial charge in [0.05, 0.1) is 19.8 Å². The second-order valence-electron chi connectivity index (χ2n) is 10.4. The molecule has 242 valence electrons. The molecule has 0 aromatic carbocycles. The molecule has 3 aliphatic rings. The van der Waals surface area contributed by atoms with Crippen molar-refractivity contribution in [3.05, 3.63) is 0 Å². The van der Waals surface area contributed by atoms with Crippen molar-refractivity contribution in [1.82, 2.24) is 0 Å². The van der Waals surface area contributed by atoms with Crippen molar-refractivity contribution in [2.45, 2.75) is 118 Å². The summed E-state index contributed by atoms with van der Waals surface area (Å²) < 4.78 is 33.0. The van der Waals surface area contributed by atoms with Gasteiger partial charge in [-0.3, -0.25) is 0 Å². The Hall–Kier alpha value is -0.680. The summed E-state index contributed by atoms with van der Waals surface area (Å²) in [5.41, 5.74) is 5.46. The minimum atomic E-state index is -1.89. The van der Waals surface area contributed by atoms with E-state index in [2.05, 4.69) is 0 Å². The van der Waals surface area contributed by atoms with E-state index in [-0.39, 0.29) is 6.61 Å². The molecular formula is C24H45NO16. The lowest BCUT2D eigenvalue weighted by atomic mass is 9.96. The Morgan fingerprint density at radius 3 is 1.44 bits per heavy atom. The maximum atomic E-state index is 10.8. The lowest BCUT2D eigenvalue weighted by Crippen LogP contribution is -2.66. The van der Waals surface area contributed by atoms with Crippen molar-refractivity contribution in [1.29, 1.82) is 0 Å². The number of nitrogens with two attached hydrogens (primary N) is 1. The summed E-state index contributed by atoms with van der Waals surface area (Å²) in [4.78, 5) is 0. The number of hydrogen-bond acceptors (Lipinski definition) is 17. The summed E-state index contributed by atoms with van der Waals surface area (Å²) in [7, 11) is 0. The molecule has 0 radical (unpaired) electrons. The molecule has 0 saturated carbocycles. The average molecular weight is 604 g/mol. The first-order chi connectivity index (χ1) is 19.6. The molecule has 0 unspecified atom stereocenters. The van der Waals surface area contributed by atoms with E-state index in [1.165, 1.54) is 0 Å². The number of ether oxygens (including phenoxy) is 6. The fourth-order valence-electron chi connectivity index (χ4n) is 4.98. The largest absolute Gasteiger partial charge is 0.394 e. The van der Waals surface area contributed by atoms with Crippen LogP contribution in [0.3, 0.4) is 0 Å². The molecule has 3 fully saturated rings. The van der Waals surface area contributed by atoms with E-state index in [1.807, 2.05) is 0 Å². The predicted molar refractivity (Wildman–Crippen MR) is 133 cm³/mol. The molecule has 0 aliphatic carbocycles. The smallest absolute Gasteiger partial charge is 0.187 e. The van der Waals surface area contributed by atoms with E-state index in [9.17, 15) is 51.1 Å². The summed E-state index contributed by atoms with van der Waals surface area (Å²) in [6.45, 7) is -1.42. The first-order valence-corrected chi connectivity index (χ1v) is 13.8. The van der Waals surface area contributed by atoms with Gasteiger partial charge < -0.3 is 85.2 Å².